The lowest BCUT2D eigenvalue weighted by atomic mass is 10.1. The molecule has 0 heterocycles. The lowest BCUT2D eigenvalue weighted by molar-refractivity contribution is -0.136. The summed E-state index contributed by atoms with van der Waals surface area (Å²) in [6, 6.07) is 7.43. The summed E-state index contributed by atoms with van der Waals surface area (Å²) in [6.07, 6.45) is 0.0530. The van der Waals surface area contributed by atoms with E-state index in [0.717, 1.165) is 11.1 Å². The highest BCUT2D eigenvalue weighted by molar-refractivity contribution is 5.70. The van der Waals surface area contributed by atoms with E-state index in [1.54, 1.807) is 13.8 Å². The van der Waals surface area contributed by atoms with Gasteiger partial charge in [0.2, 0.25) is 0 Å². The Balaban J connectivity index is 2.43. The molecule has 0 saturated carbocycles. The fourth-order valence-corrected chi connectivity index (χ4v) is 1.46. The van der Waals surface area contributed by atoms with Gasteiger partial charge in [0.15, 0.2) is 0 Å². The van der Waals surface area contributed by atoms with Crippen molar-refractivity contribution in [3.63, 3.8) is 0 Å². The monoisotopic (exact) mass is 237 g/mol. The van der Waals surface area contributed by atoms with Crippen LogP contribution in [-0.2, 0) is 17.8 Å². The Bertz CT molecular complexity index is 365. The van der Waals surface area contributed by atoms with Crippen molar-refractivity contribution in [3.05, 3.63) is 35.4 Å². The van der Waals surface area contributed by atoms with Crippen molar-refractivity contribution < 1.29 is 15.0 Å². The van der Waals surface area contributed by atoms with E-state index in [-0.39, 0.29) is 6.42 Å². The molecule has 4 heteroatoms. The smallest absolute Gasteiger partial charge is 0.307 e. The minimum atomic E-state index is -0.821. The van der Waals surface area contributed by atoms with Crippen LogP contribution in [0.5, 0.6) is 0 Å². The molecule has 3 N–H and O–H groups in total. The van der Waals surface area contributed by atoms with Crippen LogP contribution in [0.4, 0.5) is 0 Å². The maximum Gasteiger partial charge on any atom is 0.307 e. The molecule has 0 unspecified atom stereocenters. The van der Waals surface area contributed by atoms with E-state index in [2.05, 4.69) is 5.32 Å². The summed E-state index contributed by atoms with van der Waals surface area (Å²) >= 11 is 0. The average Bonchev–Trinajstić information content (AvgIpc) is 2.18. The van der Waals surface area contributed by atoms with Gasteiger partial charge in [0.25, 0.3) is 0 Å². The van der Waals surface area contributed by atoms with Gasteiger partial charge < -0.3 is 15.5 Å². The van der Waals surface area contributed by atoms with Crippen molar-refractivity contribution in [2.75, 3.05) is 6.54 Å². The Morgan fingerprint density at radius 2 is 1.76 bits per heavy atom. The Kier molecular flexibility index (Phi) is 4.66. The lowest BCUT2D eigenvalue weighted by Crippen LogP contribution is -2.34. The van der Waals surface area contributed by atoms with E-state index in [4.69, 9.17) is 5.11 Å². The molecule has 0 atom stereocenters. The van der Waals surface area contributed by atoms with Crippen LogP contribution in [0.2, 0.25) is 0 Å². The Hall–Kier alpha value is -1.39. The first-order valence-electron chi connectivity index (χ1n) is 5.59. The SMILES string of the molecule is CC(C)(O)CNCc1ccc(CC(=O)O)cc1. The van der Waals surface area contributed by atoms with Gasteiger partial charge in [0.05, 0.1) is 12.0 Å². The standard InChI is InChI=1S/C13H19NO3/c1-13(2,17)9-14-8-11-5-3-10(4-6-11)7-12(15)16/h3-6,14,17H,7-9H2,1-2H3,(H,15,16). The predicted octanol–water partition coefficient (Wildman–Crippen LogP) is 1.17. The van der Waals surface area contributed by atoms with Gasteiger partial charge in [-0.2, -0.15) is 0 Å². The molecule has 0 aliphatic rings. The Morgan fingerprint density at radius 3 is 2.24 bits per heavy atom. The van der Waals surface area contributed by atoms with Gasteiger partial charge in [0, 0.05) is 13.1 Å². The van der Waals surface area contributed by atoms with Crippen molar-refractivity contribution in [1.82, 2.24) is 5.32 Å². The van der Waals surface area contributed by atoms with E-state index in [0.29, 0.717) is 13.1 Å². The summed E-state index contributed by atoms with van der Waals surface area (Å²) in [5.74, 6) is -0.821. The third-order valence-corrected chi connectivity index (χ3v) is 2.27. The highest BCUT2D eigenvalue weighted by Crippen LogP contribution is 2.06. The third kappa shape index (κ3) is 6.04. The van der Waals surface area contributed by atoms with Gasteiger partial charge in [0.1, 0.15) is 0 Å². The molecule has 1 aromatic rings. The zero-order valence-corrected chi connectivity index (χ0v) is 10.2. The first kappa shape index (κ1) is 13.7. The molecule has 0 amide bonds. The first-order chi connectivity index (χ1) is 7.87. The maximum absolute atomic E-state index is 10.5. The number of carboxylic acid groups (broad SMARTS) is 1. The van der Waals surface area contributed by atoms with E-state index >= 15 is 0 Å². The second-order valence-electron chi connectivity index (χ2n) is 4.80. The van der Waals surface area contributed by atoms with E-state index in [1.807, 2.05) is 24.3 Å². The Labute approximate surface area is 101 Å². The molecular weight excluding hydrogens is 218 g/mol. The van der Waals surface area contributed by atoms with Crippen molar-refractivity contribution >= 4 is 5.97 Å². The van der Waals surface area contributed by atoms with Crippen LogP contribution in [-0.4, -0.2) is 28.3 Å². The number of aliphatic hydroxyl groups is 1. The van der Waals surface area contributed by atoms with E-state index in [9.17, 15) is 9.90 Å². The number of benzene rings is 1. The number of nitrogens with one attached hydrogen (secondary N) is 1. The van der Waals surface area contributed by atoms with Gasteiger partial charge in [-0.25, -0.2) is 0 Å². The van der Waals surface area contributed by atoms with E-state index < -0.39 is 11.6 Å². The predicted molar refractivity (Wildman–Crippen MR) is 65.8 cm³/mol. The summed E-state index contributed by atoms with van der Waals surface area (Å²) in [5.41, 5.74) is 1.15. The number of rotatable bonds is 6. The highest BCUT2D eigenvalue weighted by atomic mass is 16.4. The van der Waals surface area contributed by atoms with Crippen LogP contribution in [0, 0.1) is 0 Å². The van der Waals surface area contributed by atoms with Crippen LogP contribution < -0.4 is 5.32 Å². The van der Waals surface area contributed by atoms with Crippen LogP contribution in [0.15, 0.2) is 24.3 Å². The summed E-state index contributed by atoms with van der Waals surface area (Å²) in [7, 11) is 0. The van der Waals surface area contributed by atoms with Crippen molar-refractivity contribution in [2.24, 2.45) is 0 Å². The third-order valence-electron chi connectivity index (χ3n) is 2.27. The lowest BCUT2D eigenvalue weighted by Gasteiger charge is -2.17. The molecule has 1 rings (SSSR count). The molecule has 0 spiro atoms. The van der Waals surface area contributed by atoms with Crippen molar-refractivity contribution in [3.8, 4) is 0 Å². The van der Waals surface area contributed by atoms with Crippen molar-refractivity contribution in [1.29, 1.82) is 0 Å². The number of hydrogen-bond acceptors (Lipinski definition) is 3. The second kappa shape index (κ2) is 5.80. The molecule has 94 valence electrons. The summed E-state index contributed by atoms with van der Waals surface area (Å²) in [4.78, 5) is 10.5. The van der Waals surface area contributed by atoms with Crippen LogP contribution in [0.25, 0.3) is 0 Å². The summed E-state index contributed by atoms with van der Waals surface area (Å²) in [6.45, 7) is 4.67. The average molecular weight is 237 g/mol. The number of carboxylic acids is 1. The minimum absolute atomic E-state index is 0.0530. The molecule has 0 fully saturated rings. The van der Waals surface area contributed by atoms with Crippen molar-refractivity contribution in [2.45, 2.75) is 32.4 Å². The zero-order valence-electron chi connectivity index (χ0n) is 10.2. The molecule has 0 aliphatic heterocycles. The first-order valence-corrected chi connectivity index (χ1v) is 5.59. The summed E-state index contributed by atoms with van der Waals surface area (Å²) in [5, 5.41) is 21.3. The fourth-order valence-electron chi connectivity index (χ4n) is 1.46. The topological polar surface area (TPSA) is 69.6 Å². The van der Waals surface area contributed by atoms with E-state index in [1.165, 1.54) is 0 Å². The maximum atomic E-state index is 10.5. The molecule has 1 aromatic carbocycles. The van der Waals surface area contributed by atoms with Gasteiger partial charge in [-0.15, -0.1) is 0 Å². The van der Waals surface area contributed by atoms with Crippen LogP contribution in [0.1, 0.15) is 25.0 Å². The minimum Gasteiger partial charge on any atom is -0.481 e. The number of hydrogen-bond donors (Lipinski definition) is 3. The van der Waals surface area contributed by atoms with Gasteiger partial charge in [-0.3, -0.25) is 4.79 Å². The molecule has 17 heavy (non-hydrogen) atoms. The van der Waals surface area contributed by atoms with Crippen LogP contribution in [0.3, 0.4) is 0 Å². The molecular formula is C13H19NO3. The quantitative estimate of drug-likeness (QED) is 0.694. The Morgan fingerprint density at radius 1 is 1.24 bits per heavy atom. The molecule has 0 radical (unpaired) electrons. The molecule has 4 nitrogen and oxygen atoms in total. The normalized spacial score (nSPS) is 11.5. The molecule has 0 saturated heterocycles. The zero-order chi connectivity index (χ0) is 12.9. The van der Waals surface area contributed by atoms with Gasteiger partial charge in [-0.1, -0.05) is 24.3 Å². The fraction of sp³-hybridized carbons (Fsp3) is 0.462. The summed E-state index contributed by atoms with van der Waals surface area (Å²) < 4.78 is 0. The molecule has 0 aliphatic carbocycles. The number of carbonyl (C=O) groups is 1. The highest BCUT2D eigenvalue weighted by Gasteiger charge is 2.10. The molecule has 0 aromatic heterocycles. The molecule has 0 bridgehead atoms. The van der Waals surface area contributed by atoms with Gasteiger partial charge >= 0.3 is 5.97 Å². The van der Waals surface area contributed by atoms with Crippen LogP contribution >= 0.6 is 0 Å². The largest absolute Gasteiger partial charge is 0.481 e. The second-order valence-corrected chi connectivity index (χ2v) is 4.80. The number of aliphatic carboxylic acids is 1. The van der Waals surface area contributed by atoms with Gasteiger partial charge in [-0.05, 0) is 25.0 Å².